The van der Waals surface area contributed by atoms with Gasteiger partial charge in [-0.15, -0.1) is 0 Å². The van der Waals surface area contributed by atoms with Crippen LogP contribution in [0.15, 0.2) is 66.0 Å². The third-order valence-corrected chi connectivity index (χ3v) is 4.36. The molecule has 7 heteroatoms. The van der Waals surface area contributed by atoms with E-state index in [-0.39, 0.29) is 11.1 Å². The number of methoxy groups -OCH3 is 1. The van der Waals surface area contributed by atoms with Gasteiger partial charge in [0.1, 0.15) is 11.3 Å². The van der Waals surface area contributed by atoms with Crippen LogP contribution < -0.4 is 5.56 Å². The number of rotatable bonds is 4. The molecule has 0 bridgehead atoms. The predicted octanol–water partition coefficient (Wildman–Crippen LogP) is 2.44. The molecule has 134 valence electrons. The summed E-state index contributed by atoms with van der Waals surface area (Å²) in [6.45, 7) is 0. The van der Waals surface area contributed by atoms with Crippen LogP contribution >= 0.6 is 0 Å². The molecule has 0 spiro atoms. The van der Waals surface area contributed by atoms with Crippen molar-refractivity contribution in [2.75, 3.05) is 7.11 Å². The van der Waals surface area contributed by atoms with Crippen molar-refractivity contribution in [3.63, 3.8) is 0 Å². The van der Waals surface area contributed by atoms with Gasteiger partial charge in [0.15, 0.2) is 0 Å². The molecular formula is C20H16N4O3. The van der Waals surface area contributed by atoms with Crippen LogP contribution in [-0.2, 0) is 11.2 Å². The minimum Gasteiger partial charge on any atom is -0.465 e. The number of fused-ring (bicyclic) bond motifs is 1. The first kappa shape index (κ1) is 16.7. The van der Waals surface area contributed by atoms with Gasteiger partial charge in [0.25, 0.3) is 5.56 Å². The average molecular weight is 360 g/mol. The largest absolute Gasteiger partial charge is 0.465 e. The molecule has 0 unspecified atom stereocenters. The molecule has 27 heavy (non-hydrogen) atoms. The Bertz CT molecular complexity index is 1110. The number of hydrogen-bond acceptors (Lipinski definition) is 5. The first-order valence-electron chi connectivity index (χ1n) is 8.32. The molecule has 0 fully saturated rings. The fourth-order valence-electron chi connectivity index (χ4n) is 2.97. The van der Waals surface area contributed by atoms with Gasteiger partial charge < -0.3 is 9.30 Å². The first-order valence-corrected chi connectivity index (χ1v) is 8.32. The van der Waals surface area contributed by atoms with Gasteiger partial charge in [-0.25, -0.2) is 9.89 Å². The fourth-order valence-corrected chi connectivity index (χ4v) is 2.97. The summed E-state index contributed by atoms with van der Waals surface area (Å²) in [5.41, 5.74) is 3.66. The molecule has 1 N–H and O–H groups in total. The van der Waals surface area contributed by atoms with Gasteiger partial charge in [0, 0.05) is 30.5 Å². The molecular weight excluding hydrogens is 344 g/mol. The van der Waals surface area contributed by atoms with E-state index in [4.69, 9.17) is 4.74 Å². The molecule has 0 saturated carbocycles. The van der Waals surface area contributed by atoms with E-state index in [1.165, 1.54) is 12.7 Å². The zero-order valence-corrected chi connectivity index (χ0v) is 14.5. The van der Waals surface area contributed by atoms with Crippen LogP contribution in [-0.4, -0.2) is 32.8 Å². The van der Waals surface area contributed by atoms with Crippen LogP contribution in [0.1, 0.15) is 21.5 Å². The van der Waals surface area contributed by atoms with Gasteiger partial charge in [-0.05, 0) is 41.8 Å². The monoisotopic (exact) mass is 360 g/mol. The van der Waals surface area contributed by atoms with Crippen LogP contribution in [0.25, 0.3) is 16.9 Å². The van der Waals surface area contributed by atoms with Crippen LogP contribution in [0.4, 0.5) is 0 Å². The van der Waals surface area contributed by atoms with Gasteiger partial charge in [-0.2, -0.15) is 5.10 Å². The SMILES string of the molecule is COC(=O)c1cn(-c2ccc(Cc3ccncc3)cc2)cc2c(=O)[nH]nc1-2. The second kappa shape index (κ2) is 6.87. The van der Waals surface area contributed by atoms with Crippen molar-refractivity contribution in [2.45, 2.75) is 6.42 Å². The molecule has 3 heterocycles. The molecule has 2 aromatic rings. The highest BCUT2D eigenvalue weighted by molar-refractivity contribution is 5.96. The molecule has 2 aliphatic heterocycles. The molecule has 4 rings (SSSR count). The van der Waals surface area contributed by atoms with Crippen LogP contribution in [0.3, 0.4) is 0 Å². The van der Waals surface area contributed by atoms with Crippen molar-refractivity contribution in [3.8, 4) is 16.9 Å². The Labute approximate surface area is 154 Å². The van der Waals surface area contributed by atoms with Crippen LogP contribution in [0.5, 0.6) is 0 Å². The number of benzene rings is 1. The van der Waals surface area contributed by atoms with Crippen LogP contribution in [0, 0.1) is 0 Å². The Morgan fingerprint density at radius 1 is 1.07 bits per heavy atom. The topological polar surface area (TPSA) is 89.9 Å². The summed E-state index contributed by atoms with van der Waals surface area (Å²) in [6.07, 6.45) is 7.62. The minimum absolute atomic E-state index is 0.231. The average Bonchev–Trinajstić information content (AvgIpc) is 3.09. The number of carbonyl (C=O) groups is 1. The van der Waals surface area contributed by atoms with E-state index in [1.807, 2.05) is 36.4 Å². The van der Waals surface area contributed by atoms with E-state index in [0.717, 1.165) is 17.7 Å². The number of nitrogens with one attached hydrogen (secondary N) is 1. The van der Waals surface area contributed by atoms with Crippen molar-refractivity contribution in [1.29, 1.82) is 0 Å². The third kappa shape index (κ3) is 3.22. The number of carbonyl (C=O) groups excluding carboxylic acids is 1. The van der Waals surface area contributed by atoms with Crippen molar-refractivity contribution >= 4 is 5.97 Å². The highest BCUT2D eigenvalue weighted by Crippen LogP contribution is 2.23. The second-order valence-corrected chi connectivity index (χ2v) is 6.08. The Balaban J connectivity index is 1.71. The van der Waals surface area contributed by atoms with E-state index in [2.05, 4.69) is 15.2 Å². The Morgan fingerprint density at radius 3 is 2.48 bits per heavy atom. The van der Waals surface area contributed by atoms with E-state index in [9.17, 15) is 9.59 Å². The van der Waals surface area contributed by atoms with E-state index >= 15 is 0 Å². The van der Waals surface area contributed by atoms with Crippen molar-refractivity contribution < 1.29 is 9.53 Å². The minimum atomic E-state index is -0.546. The van der Waals surface area contributed by atoms with Crippen LogP contribution in [0.2, 0.25) is 0 Å². The summed E-state index contributed by atoms with van der Waals surface area (Å²) in [5, 5.41) is 6.31. The van der Waals surface area contributed by atoms with Crippen molar-refractivity contribution in [2.24, 2.45) is 0 Å². The lowest BCUT2D eigenvalue weighted by Gasteiger charge is -2.12. The molecule has 0 atom stereocenters. The standard InChI is InChI=1S/C20H16N4O3/c1-27-20(26)17-12-24(11-16-18(17)22-23-19(16)25)15-4-2-13(3-5-15)10-14-6-8-21-9-7-14/h2-9,11-12H,10H2,1H3,(H,23,25). The van der Waals surface area contributed by atoms with Crippen molar-refractivity contribution in [3.05, 3.63) is 88.2 Å². The second-order valence-electron chi connectivity index (χ2n) is 6.08. The van der Waals surface area contributed by atoms with Gasteiger partial charge in [-0.1, -0.05) is 12.1 Å². The normalized spacial score (nSPS) is 10.9. The smallest absolute Gasteiger partial charge is 0.341 e. The quantitative estimate of drug-likeness (QED) is 0.565. The van der Waals surface area contributed by atoms with Gasteiger partial charge in [0.05, 0.1) is 12.7 Å². The van der Waals surface area contributed by atoms with Crippen molar-refractivity contribution in [1.82, 2.24) is 19.7 Å². The summed E-state index contributed by atoms with van der Waals surface area (Å²) in [5.74, 6) is -0.546. The zero-order chi connectivity index (χ0) is 18.8. The fraction of sp³-hybridized carbons (Fsp3) is 0.100. The number of hydrogen-bond donors (Lipinski definition) is 1. The maximum Gasteiger partial charge on any atom is 0.341 e. The lowest BCUT2D eigenvalue weighted by atomic mass is 10.1. The molecule has 0 radical (unpaired) electrons. The molecule has 1 aromatic heterocycles. The van der Waals surface area contributed by atoms with Gasteiger partial charge >= 0.3 is 5.97 Å². The van der Waals surface area contributed by atoms with Gasteiger partial charge in [0.2, 0.25) is 0 Å². The number of ether oxygens (including phenoxy) is 1. The Kier molecular flexibility index (Phi) is 4.25. The maximum atomic E-state index is 12.1. The lowest BCUT2D eigenvalue weighted by Crippen LogP contribution is -2.11. The molecule has 0 amide bonds. The summed E-state index contributed by atoms with van der Waals surface area (Å²) >= 11 is 0. The number of esters is 1. The Hall–Kier alpha value is -3.74. The molecule has 7 nitrogen and oxygen atoms in total. The van der Waals surface area contributed by atoms with E-state index < -0.39 is 5.97 Å². The highest BCUT2D eigenvalue weighted by Gasteiger charge is 2.22. The Morgan fingerprint density at radius 2 is 1.78 bits per heavy atom. The summed E-state index contributed by atoms with van der Waals surface area (Å²) in [6, 6.07) is 11.9. The van der Waals surface area contributed by atoms with E-state index in [0.29, 0.717) is 11.3 Å². The summed E-state index contributed by atoms with van der Waals surface area (Å²) < 4.78 is 6.54. The molecule has 0 saturated heterocycles. The zero-order valence-electron chi connectivity index (χ0n) is 14.5. The molecule has 1 aromatic carbocycles. The first-order chi connectivity index (χ1) is 13.2. The number of aromatic nitrogens is 4. The van der Waals surface area contributed by atoms with Gasteiger partial charge in [-0.3, -0.25) is 9.78 Å². The molecule has 0 aliphatic carbocycles. The lowest BCUT2D eigenvalue weighted by molar-refractivity contribution is 0.0600. The number of H-pyrrole nitrogens is 1. The maximum absolute atomic E-state index is 12.1. The third-order valence-electron chi connectivity index (χ3n) is 4.36. The number of nitrogens with zero attached hydrogens (tertiary/aromatic N) is 3. The summed E-state index contributed by atoms with van der Waals surface area (Å²) in [7, 11) is 1.30. The predicted molar refractivity (Wildman–Crippen MR) is 99.2 cm³/mol. The molecule has 2 aliphatic rings. The summed E-state index contributed by atoms with van der Waals surface area (Å²) in [4.78, 5) is 28.1. The number of aromatic amines is 1. The van der Waals surface area contributed by atoms with E-state index in [1.54, 1.807) is 29.4 Å². The number of pyridine rings is 2. The highest BCUT2D eigenvalue weighted by atomic mass is 16.5.